The zero-order valence-electron chi connectivity index (χ0n) is 19.8. The molecule has 204 valence electrons. The van der Waals surface area contributed by atoms with Crippen LogP contribution >= 0.6 is 23.2 Å². The minimum absolute atomic E-state index is 0.0312. The predicted octanol–water partition coefficient (Wildman–Crippen LogP) is 7.98. The first-order valence-corrected chi connectivity index (χ1v) is 11.8. The summed E-state index contributed by atoms with van der Waals surface area (Å²) in [6.45, 7) is -0.103. The summed E-state index contributed by atoms with van der Waals surface area (Å²) in [5, 5.41) is 14.5. The largest absolute Gasteiger partial charge is 0.507 e. The molecule has 5 nitrogen and oxygen atoms in total. The summed E-state index contributed by atoms with van der Waals surface area (Å²) < 4.78 is 79.5. The van der Waals surface area contributed by atoms with E-state index in [2.05, 4.69) is 5.10 Å². The van der Waals surface area contributed by atoms with Gasteiger partial charge in [0.05, 0.1) is 28.4 Å². The topological polar surface area (TPSA) is 58.4 Å². The van der Waals surface area contributed by atoms with E-state index < -0.39 is 40.3 Å². The van der Waals surface area contributed by atoms with Gasteiger partial charge in [0.25, 0.3) is 5.91 Å². The first-order chi connectivity index (χ1) is 18.1. The van der Waals surface area contributed by atoms with Crippen molar-refractivity contribution in [3.05, 3.63) is 99.2 Å². The molecule has 1 aromatic heterocycles. The van der Waals surface area contributed by atoms with Gasteiger partial charge in [-0.25, -0.2) is 0 Å². The number of benzene rings is 3. The van der Waals surface area contributed by atoms with Crippen LogP contribution < -0.4 is 4.90 Å². The molecule has 1 N–H and O–H groups in total. The molecule has 0 bridgehead atoms. The van der Waals surface area contributed by atoms with Crippen molar-refractivity contribution in [2.75, 3.05) is 4.90 Å². The fourth-order valence-corrected chi connectivity index (χ4v) is 4.22. The lowest BCUT2D eigenvalue weighted by atomic mass is 10.1. The van der Waals surface area contributed by atoms with Gasteiger partial charge in [0.15, 0.2) is 0 Å². The van der Waals surface area contributed by atoms with Gasteiger partial charge in [0.2, 0.25) is 0 Å². The Balaban J connectivity index is 1.76. The molecule has 0 fully saturated rings. The van der Waals surface area contributed by atoms with Gasteiger partial charge in [0, 0.05) is 29.4 Å². The maximum atomic E-state index is 13.5. The van der Waals surface area contributed by atoms with Crippen LogP contribution in [0, 0.1) is 0 Å². The number of anilines is 1. The molecule has 13 heteroatoms. The average Bonchev–Trinajstić information content (AvgIpc) is 3.24. The number of hydrogen-bond acceptors (Lipinski definition) is 3. The van der Waals surface area contributed by atoms with Crippen molar-refractivity contribution in [1.82, 2.24) is 9.78 Å². The molecule has 39 heavy (non-hydrogen) atoms. The summed E-state index contributed by atoms with van der Waals surface area (Å²) in [7, 11) is 1.11. The average molecular weight is 588 g/mol. The SMILES string of the molecule is Cn1nc(-c2ccc(N(Cc3ccc(Cl)cc3)C(=O)c3ccc(C(F)(F)F)cc3Cl)cc2O)cc1C(F)(F)F. The van der Waals surface area contributed by atoms with Crippen molar-refractivity contribution < 1.29 is 36.2 Å². The second-order valence-electron chi connectivity index (χ2n) is 8.45. The molecule has 4 rings (SSSR count). The number of phenols is 1. The Morgan fingerprint density at radius 3 is 2.13 bits per heavy atom. The highest BCUT2D eigenvalue weighted by Gasteiger charge is 2.35. The Morgan fingerprint density at radius 1 is 0.923 bits per heavy atom. The van der Waals surface area contributed by atoms with Crippen molar-refractivity contribution in [2.24, 2.45) is 7.05 Å². The fourth-order valence-electron chi connectivity index (χ4n) is 3.83. The Kier molecular flexibility index (Phi) is 7.59. The van der Waals surface area contributed by atoms with Gasteiger partial charge in [-0.15, -0.1) is 0 Å². The molecule has 0 saturated heterocycles. The van der Waals surface area contributed by atoms with Crippen LogP contribution in [-0.2, 0) is 25.9 Å². The standard InChI is InChI=1S/C26H17Cl2F6N3O2/c1-36-23(26(32,33)34)12-21(35-36)19-9-7-17(11-22(19)38)37(13-14-2-5-16(27)6-3-14)24(39)18-8-4-15(10-20(18)28)25(29,30)31/h2-12,38H,13H2,1H3. The number of aryl methyl sites for hydroxylation is 1. The molecule has 1 amide bonds. The molecule has 0 spiro atoms. The molecular formula is C26H17Cl2F6N3O2. The minimum atomic E-state index is -4.67. The number of rotatable bonds is 5. The zero-order valence-corrected chi connectivity index (χ0v) is 21.3. The number of hydrogen-bond donors (Lipinski definition) is 1. The van der Waals surface area contributed by atoms with E-state index in [1.807, 2.05) is 0 Å². The van der Waals surface area contributed by atoms with E-state index >= 15 is 0 Å². The van der Waals surface area contributed by atoms with Gasteiger partial charge in [-0.1, -0.05) is 35.3 Å². The van der Waals surface area contributed by atoms with Crippen molar-refractivity contribution in [3.8, 4) is 17.0 Å². The van der Waals surface area contributed by atoms with Crippen LogP contribution in [-0.4, -0.2) is 20.8 Å². The normalized spacial score (nSPS) is 12.0. The second-order valence-corrected chi connectivity index (χ2v) is 9.29. The van der Waals surface area contributed by atoms with Gasteiger partial charge >= 0.3 is 12.4 Å². The van der Waals surface area contributed by atoms with E-state index in [4.69, 9.17) is 23.2 Å². The quantitative estimate of drug-likeness (QED) is 0.241. The second kappa shape index (κ2) is 10.5. The summed E-state index contributed by atoms with van der Waals surface area (Å²) >= 11 is 12.0. The van der Waals surface area contributed by atoms with Crippen LogP contribution in [0.2, 0.25) is 10.0 Å². The molecule has 0 unspecified atom stereocenters. The number of carbonyl (C=O) groups is 1. The van der Waals surface area contributed by atoms with Crippen LogP contribution in [0.5, 0.6) is 5.75 Å². The van der Waals surface area contributed by atoms with Crippen LogP contribution in [0.25, 0.3) is 11.3 Å². The highest BCUT2D eigenvalue weighted by molar-refractivity contribution is 6.34. The van der Waals surface area contributed by atoms with Crippen LogP contribution in [0.15, 0.2) is 66.7 Å². The Morgan fingerprint density at radius 2 is 1.59 bits per heavy atom. The van der Waals surface area contributed by atoms with E-state index in [0.717, 1.165) is 36.2 Å². The fraction of sp³-hybridized carbons (Fsp3) is 0.154. The molecule has 3 aromatic carbocycles. The smallest absolute Gasteiger partial charge is 0.433 e. The summed E-state index contributed by atoms with van der Waals surface area (Å²) in [5.74, 6) is -1.26. The molecule has 0 aliphatic heterocycles. The lowest BCUT2D eigenvalue weighted by Crippen LogP contribution is -2.30. The number of halogens is 8. The van der Waals surface area contributed by atoms with Crippen LogP contribution in [0.4, 0.5) is 32.0 Å². The summed E-state index contributed by atoms with van der Waals surface area (Å²) in [5.41, 5.74) is -1.81. The van der Waals surface area contributed by atoms with Gasteiger partial charge in [-0.05, 0) is 54.1 Å². The lowest BCUT2D eigenvalue weighted by Gasteiger charge is -2.24. The van der Waals surface area contributed by atoms with Crippen molar-refractivity contribution in [3.63, 3.8) is 0 Å². The number of aromatic nitrogens is 2. The number of alkyl halides is 6. The maximum absolute atomic E-state index is 13.5. The van der Waals surface area contributed by atoms with Gasteiger partial charge in [-0.2, -0.15) is 31.4 Å². The Hall–Kier alpha value is -3.70. The highest BCUT2D eigenvalue weighted by Crippen LogP contribution is 2.38. The van der Waals surface area contributed by atoms with Gasteiger partial charge in [0.1, 0.15) is 11.4 Å². The minimum Gasteiger partial charge on any atom is -0.507 e. The van der Waals surface area contributed by atoms with Gasteiger partial charge in [-0.3, -0.25) is 9.48 Å². The van der Waals surface area contributed by atoms with Crippen LogP contribution in [0.1, 0.15) is 27.2 Å². The molecule has 0 radical (unpaired) electrons. The number of phenolic OH excluding ortho intramolecular Hbond substituents is 1. The van der Waals surface area contributed by atoms with E-state index in [1.54, 1.807) is 24.3 Å². The van der Waals surface area contributed by atoms with Crippen molar-refractivity contribution in [2.45, 2.75) is 18.9 Å². The molecule has 4 aromatic rings. The molecule has 0 aliphatic carbocycles. The van der Waals surface area contributed by atoms with Crippen LogP contribution in [0.3, 0.4) is 0 Å². The first-order valence-electron chi connectivity index (χ1n) is 11.0. The number of nitrogens with zero attached hydrogens (tertiary/aromatic N) is 3. The molecule has 1 heterocycles. The van der Waals surface area contributed by atoms with Crippen molar-refractivity contribution in [1.29, 1.82) is 0 Å². The number of aromatic hydroxyl groups is 1. The first kappa shape index (κ1) is 28.3. The third-order valence-corrected chi connectivity index (χ3v) is 6.33. The summed E-state index contributed by atoms with van der Waals surface area (Å²) in [6, 6.07) is 13.3. The predicted molar refractivity (Wildman–Crippen MR) is 134 cm³/mol. The Bertz CT molecular complexity index is 1530. The molecule has 0 aliphatic rings. The Labute approximate surface area is 227 Å². The zero-order chi connectivity index (χ0) is 28.7. The van der Waals surface area contributed by atoms with E-state index in [0.29, 0.717) is 21.3 Å². The van der Waals surface area contributed by atoms with Gasteiger partial charge < -0.3 is 10.0 Å². The monoisotopic (exact) mass is 587 g/mol. The number of amides is 1. The molecule has 0 atom stereocenters. The third-order valence-electron chi connectivity index (χ3n) is 5.77. The lowest BCUT2D eigenvalue weighted by molar-refractivity contribution is -0.143. The highest BCUT2D eigenvalue weighted by atomic mass is 35.5. The third kappa shape index (κ3) is 6.15. The maximum Gasteiger partial charge on any atom is 0.433 e. The molecule has 0 saturated carbocycles. The molecular weight excluding hydrogens is 571 g/mol. The van der Waals surface area contributed by atoms with E-state index in [-0.39, 0.29) is 29.1 Å². The summed E-state index contributed by atoms with van der Waals surface area (Å²) in [6.07, 6.45) is -9.34. The van der Waals surface area contributed by atoms with Crippen molar-refractivity contribution >= 4 is 34.8 Å². The summed E-state index contributed by atoms with van der Waals surface area (Å²) in [4.78, 5) is 14.7. The van der Waals surface area contributed by atoms with E-state index in [1.165, 1.54) is 12.1 Å². The number of carbonyl (C=O) groups excluding carboxylic acids is 1. The van der Waals surface area contributed by atoms with E-state index in [9.17, 15) is 36.2 Å².